The number of aryl methyl sites for hydroxylation is 1. The summed E-state index contributed by atoms with van der Waals surface area (Å²) in [6.07, 6.45) is -0.350. The third kappa shape index (κ3) is 6.01. The molecule has 0 radical (unpaired) electrons. The van der Waals surface area contributed by atoms with Crippen LogP contribution in [0.4, 0.5) is 11.4 Å². The molecule has 11 heteroatoms. The predicted octanol–water partition coefficient (Wildman–Crippen LogP) is 4.39. The van der Waals surface area contributed by atoms with Crippen LogP contribution in [0.1, 0.15) is 31.3 Å². The number of hydrogen-bond acceptors (Lipinski definition) is 8. The molecule has 0 aliphatic heterocycles. The molecule has 3 rings (SSSR count). The van der Waals surface area contributed by atoms with Crippen molar-refractivity contribution in [2.75, 3.05) is 18.2 Å². The zero-order valence-corrected chi connectivity index (χ0v) is 19.6. The molecule has 1 heterocycles. The maximum atomic E-state index is 12.4. The Bertz CT molecular complexity index is 1130. The molecule has 0 fully saturated rings. The molecule has 1 unspecified atom stereocenters. The van der Waals surface area contributed by atoms with Gasteiger partial charge in [-0.05, 0) is 56.7 Å². The fraction of sp³-hybridized carbons (Fsp3) is 0.318. The van der Waals surface area contributed by atoms with Crippen LogP contribution in [0.25, 0.3) is 0 Å². The van der Waals surface area contributed by atoms with Gasteiger partial charge in [0.15, 0.2) is 17.1 Å². The van der Waals surface area contributed by atoms with Crippen LogP contribution in [0.15, 0.2) is 47.6 Å². The van der Waals surface area contributed by atoms with Gasteiger partial charge in [-0.2, -0.15) is 0 Å². The lowest BCUT2D eigenvalue weighted by molar-refractivity contribution is -0.384. The monoisotopic (exact) mass is 471 g/mol. The molecule has 33 heavy (non-hydrogen) atoms. The van der Waals surface area contributed by atoms with E-state index in [4.69, 9.17) is 9.47 Å². The second kappa shape index (κ2) is 10.8. The van der Waals surface area contributed by atoms with Crippen molar-refractivity contribution in [2.24, 2.45) is 0 Å². The van der Waals surface area contributed by atoms with E-state index in [0.717, 1.165) is 5.75 Å². The van der Waals surface area contributed by atoms with Crippen LogP contribution in [0, 0.1) is 17.0 Å². The molecule has 0 saturated heterocycles. The van der Waals surface area contributed by atoms with Crippen molar-refractivity contribution >= 4 is 29.0 Å². The number of benzene rings is 2. The Morgan fingerprint density at radius 1 is 1.21 bits per heavy atom. The molecule has 2 aromatic carbocycles. The highest BCUT2D eigenvalue weighted by molar-refractivity contribution is 7.99. The predicted molar refractivity (Wildman–Crippen MR) is 125 cm³/mol. The smallest absolute Gasteiger partial charge is 0.269 e. The molecule has 0 aliphatic rings. The number of non-ortho nitro benzene ring substituents is 1. The number of carbonyl (C=O) groups is 1. The lowest BCUT2D eigenvalue weighted by Crippen LogP contribution is -2.16. The fourth-order valence-corrected chi connectivity index (χ4v) is 3.94. The normalized spacial score (nSPS) is 11.6. The summed E-state index contributed by atoms with van der Waals surface area (Å²) in [7, 11) is 1.61. The van der Waals surface area contributed by atoms with Crippen molar-refractivity contribution in [3.8, 4) is 11.5 Å². The second-order valence-corrected chi connectivity index (χ2v) is 8.06. The number of nitrogens with zero attached hydrogens (tertiary/aromatic N) is 4. The van der Waals surface area contributed by atoms with Gasteiger partial charge in [0, 0.05) is 24.4 Å². The molecular formula is C22H25N5O5S. The van der Waals surface area contributed by atoms with E-state index in [0.29, 0.717) is 34.5 Å². The lowest BCUT2D eigenvalue weighted by atomic mass is 10.2. The zero-order chi connectivity index (χ0) is 24.0. The number of hydrogen-bond donors (Lipinski definition) is 1. The summed E-state index contributed by atoms with van der Waals surface area (Å²) in [6.45, 7) is 6.18. The van der Waals surface area contributed by atoms with Crippen LogP contribution in [-0.4, -0.2) is 38.5 Å². The van der Waals surface area contributed by atoms with Crippen molar-refractivity contribution in [1.29, 1.82) is 0 Å². The van der Waals surface area contributed by atoms with Crippen molar-refractivity contribution in [2.45, 2.75) is 38.6 Å². The first-order valence-electron chi connectivity index (χ1n) is 10.2. The molecule has 1 N–H and O–H groups in total. The zero-order valence-electron chi connectivity index (χ0n) is 18.8. The molecule has 3 aromatic rings. The van der Waals surface area contributed by atoms with Gasteiger partial charge in [-0.15, -0.1) is 10.2 Å². The maximum Gasteiger partial charge on any atom is 0.269 e. The van der Waals surface area contributed by atoms with Crippen molar-refractivity contribution in [3.05, 3.63) is 64.0 Å². The highest BCUT2D eigenvalue weighted by Crippen LogP contribution is 2.26. The van der Waals surface area contributed by atoms with E-state index in [-0.39, 0.29) is 23.5 Å². The van der Waals surface area contributed by atoms with Crippen LogP contribution in [0.3, 0.4) is 0 Å². The number of aromatic nitrogens is 3. The first-order valence-corrected chi connectivity index (χ1v) is 11.2. The van der Waals surface area contributed by atoms with E-state index in [2.05, 4.69) is 15.5 Å². The van der Waals surface area contributed by atoms with Crippen LogP contribution in [-0.2, 0) is 11.3 Å². The third-order valence-electron chi connectivity index (χ3n) is 4.82. The summed E-state index contributed by atoms with van der Waals surface area (Å²) in [5.74, 6) is 1.95. The summed E-state index contributed by atoms with van der Waals surface area (Å²) < 4.78 is 13.0. The van der Waals surface area contributed by atoms with Gasteiger partial charge in [0.2, 0.25) is 5.91 Å². The Hall–Kier alpha value is -3.60. The fourth-order valence-electron chi connectivity index (χ4n) is 3.13. The molecule has 0 aliphatic carbocycles. The van der Waals surface area contributed by atoms with Gasteiger partial charge in [-0.3, -0.25) is 14.9 Å². The molecule has 1 atom stereocenters. The van der Waals surface area contributed by atoms with Gasteiger partial charge >= 0.3 is 0 Å². The first kappa shape index (κ1) is 24.1. The van der Waals surface area contributed by atoms with Gasteiger partial charge in [0.1, 0.15) is 11.5 Å². The maximum absolute atomic E-state index is 12.4. The lowest BCUT2D eigenvalue weighted by Gasteiger charge is -2.16. The Morgan fingerprint density at radius 2 is 1.91 bits per heavy atom. The van der Waals surface area contributed by atoms with Gasteiger partial charge < -0.3 is 19.4 Å². The number of nitro groups is 1. The molecule has 174 valence electrons. The minimum Gasteiger partial charge on any atom is -0.497 e. The third-order valence-corrected chi connectivity index (χ3v) is 5.79. The summed E-state index contributed by atoms with van der Waals surface area (Å²) >= 11 is 1.26. The van der Waals surface area contributed by atoms with Gasteiger partial charge in [-0.1, -0.05) is 11.8 Å². The van der Waals surface area contributed by atoms with E-state index in [1.807, 2.05) is 42.7 Å². The summed E-state index contributed by atoms with van der Waals surface area (Å²) in [4.78, 5) is 22.8. The summed E-state index contributed by atoms with van der Waals surface area (Å²) in [5, 5.41) is 22.7. The van der Waals surface area contributed by atoms with Crippen LogP contribution >= 0.6 is 11.8 Å². The molecule has 1 aromatic heterocycles. The van der Waals surface area contributed by atoms with E-state index in [1.165, 1.54) is 30.0 Å². The first-order chi connectivity index (χ1) is 15.8. The SMILES string of the molecule is CCn1c(SCC(=O)Nc2ccc([N+](=O)[O-])cc2C)nnc1C(C)Oc1ccc(OC)cc1. The number of thioether (sulfide) groups is 1. The Balaban J connectivity index is 1.62. The van der Waals surface area contributed by atoms with E-state index < -0.39 is 4.92 Å². The Labute approximate surface area is 195 Å². The van der Waals surface area contributed by atoms with E-state index >= 15 is 0 Å². The summed E-state index contributed by atoms with van der Waals surface area (Å²) in [5.41, 5.74) is 1.13. The van der Waals surface area contributed by atoms with Gasteiger partial charge in [0.25, 0.3) is 5.69 Å². The highest BCUT2D eigenvalue weighted by atomic mass is 32.2. The second-order valence-electron chi connectivity index (χ2n) is 7.11. The van der Waals surface area contributed by atoms with Gasteiger partial charge in [0.05, 0.1) is 17.8 Å². The Kier molecular flexibility index (Phi) is 7.88. The molecule has 10 nitrogen and oxygen atoms in total. The largest absolute Gasteiger partial charge is 0.497 e. The number of anilines is 1. The minimum absolute atomic E-state index is 0.0190. The standard InChI is InChI=1S/C22H25N5O5S/c1-5-26-21(15(3)32-18-9-7-17(31-4)8-10-18)24-25-22(26)33-13-20(28)23-19-11-6-16(27(29)30)12-14(19)2/h6-12,15H,5,13H2,1-4H3,(H,23,28). The quantitative estimate of drug-likeness (QED) is 0.262. The van der Waals surface area contributed by atoms with E-state index in [1.54, 1.807) is 14.0 Å². The summed E-state index contributed by atoms with van der Waals surface area (Å²) in [6, 6.07) is 11.6. The molecule has 1 amide bonds. The number of nitro benzene ring substituents is 1. The van der Waals surface area contributed by atoms with Crippen LogP contribution < -0.4 is 14.8 Å². The van der Waals surface area contributed by atoms with E-state index in [9.17, 15) is 14.9 Å². The number of nitrogens with one attached hydrogen (secondary N) is 1. The Morgan fingerprint density at radius 3 is 2.52 bits per heavy atom. The number of methoxy groups -OCH3 is 1. The average Bonchev–Trinajstić information content (AvgIpc) is 3.22. The number of amides is 1. The number of ether oxygens (including phenoxy) is 2. The molecule has 0 saturated carbocycles. The van der Waals surface area contributed by atoms with Crippen LogP contribution in [0.2, 0.25) is 0 Å². The molecule has 0 bridgehead atoms. The van der Waals surface area contributed by atoms with Gasteiger partial charge in [-0.25, -0.2) is 0 Å². The van der Waals surface area contributed by atoms with Crippen molar-refractivity contribution in [3.63, 3.8) is 0 Å². The average molecular weight is 472 g/mol. The van der Waals surface area contributed by atoms with Crippen molar-refractivity contribution < 1.29 is 19.2 Å². The van der Waals surface area contributed by atoms with Crippen molar-refractivity contribution in [1.82, 2.24) is 14.8 Å². The highest BCUT2D eigenvalue weighted by Gasteiger charge is 2.20. The number of rotatable bonds is 10. The van der Waals surface area contributed by atoms with Crippen LogP contribution in [0.5, 0.6) is 11.5 Å². The molecule has 0 spiro atoms. The topological polar surface area (TPSA) is 121 Å². The molecular weight excluding hydrogens is 446 g/mol. The minimum atomic E-state index is -0.469. The number of carbonyl (C=O) groups excluding carboxylic acids is 1.